The highest BCUT2D eigenvalue weighted by Gasteiger charge is 2.19. The van der Waals surface area contributed by atoms with E-state index in [9.17, 15) is 4.79 Å². The van der Waals surface area contributed by atoms with Crippen LogP contribution in [0, 0.1) is 5.92 Å². The number of nitrogens with one attached hydrogen (secondary N) is 1. The van der Waals surface area contributed by atoms with E-state index in [1.165, 1.54) is 12.8 Å². The van der Waals surface area contributed by atoms with Gasteiger partial charge in [-0.2, -0.15) is 5.10 Å². The molecule has 23 heavy (non-hydrogen) atoms. The number of piperidine rings is 1. The molecule has 1 N–H and O–H groups in total. The largest absolute Gasteiger partial charge is 0.351 e. The van der Waals surface area contributed by atoms with Gasteiger partial charge in [-0.25, -0.2) is 0 Å². The highest BCUT2D eigenvalue weighted by molar-refractivity contribution is 5.97. The van der Waals surface area contributed by atoms with Crippen molar-refractivity contribution < 1.29 is 4.79 Å². The lowest BCUT2D eigenvalue weighted by atomic mass is 9.99. The zero-order chi connectivity index (χ0) is 16.2. The molecule has 1 fully saturated rings. The summed E-state index contributed by atoms with van der Waals surface area (Å²) in [5, 5.41) is 14.7. The minimum atomic E-state index is -0.118. The lowest BCUT2D eigenvalue weighted by molar-refractivity contribution is 0.0944. The van der Waals surface area contributed by atoms with Crippen molar-refractivity contribution in [2.45, 2.75) is 19.8 Å². The van der Waals surface area contributed by atoms with E-state index >= 15 is 0 Å². The van der Waals surface area contributed by atoms with Gasteiger partial charge >= 0.3 is 0 Å². The standard InChI is InChI=1S/C15H23N7O/c1-12-3-6-21(7-4-12)8-5-16-14(23)13-9-19-20(2)15(13)22-10-17-18-11-22/h9-12H,3-8H2,1-2H3,(H,16,23). The Morgan fingerprint density at radius 1 is 1.30 bits per heavy atom. The molecule has 3 heterocycles. The minimum Gasteiger partial charge on any atom is -0.351 e. The van der Waals surface area contributed by atoms with E-state index < -0.39 is 0 Å². The molecule has 0 unspecified atom stereocenters. The number of rotatable bonds is 5. The van der Waals surface area contributed by atoms with Crippen molar-refractivity contribution in [3.8, 4) is 5.82 Å². The molecule has 124 valence electrons. The Morgan fingerprint density at radius 2 is 2.00 bits per heavy atom. The van der Waals surface area contributed by atoms with Crippen LogP contribution in [-0.2, 0) is 7.05 Å². The van der Waals surface area contributed by atoms with Crippen LogP contribution in [0.1, 0.15) is 30.1 Å². The van der Waals surface area contributed by atoms with Crippen LogP contribution in [-0.4, -0.2) is 61.5 Å². The lowest BCUT2D eigenvalue weighted by Crippen LogP contribution is -2.39. The maximum Gasteiger partial charge on any atom is 0.256 e. The molecule has 0 aliphatic carbocycles. The lowest BCUT2D eigenvalue weighted by Gasteiger charge is -2.30. The molecule has 2 aromatic heterocycles. The van der Waals surface area contributed by atoms with Crippen LogP contribution in [0.15, 0.2) is 18.9 Å². The fraction of sp³-hybridized carbons (Fsp3) is 0.600. The molecule has 1 aliphatic rings. The summed E-state index contributed by atoms with van der Waals surface area (Å²) in [6.07, 6.45) is 7.18. The Bertz CT molecular complexity index is 641. The molecule has 0 atom stereocenters. The topological polar surface area (TPSA) is 80.9 Å². The van der Waals surface area contributed by atoms with Gasteiger partial charge in [0.2, 0.25) is 0 Å². The van der Waals surface area contributed by atoms with Crippen molar-refractivity contribution in [3.05, 3.63) is 24.4 Å². The van der Waals surface area contributed by atoms with Crippen molar-refractivity contribution in [2.75, 3.05) is 26.2 Å². The predicted octanol–water partition coefficient (Wildman–Crippen LogP) is 0.463. The maximum atomic E-state index is 12.4. The van der Waals surface area contributed by atoms with Gasteiger partial charge in [0.1, 0.15) is 24.0 Å². The molecule has 1 aliphatic heterocycles. The van der Waals surface area contributed by atoms with E-state index in [-0.39, 0.29) is 5.91 Å². The van der Waals surface area contributed by atoms with Gasteiger partial charge in [-0.1, -0.05) is 6.92 Å². The summed E-state index contributed by atoms with van der Waals surface area (Å²) in [5.74, 6) is 1.37. The number of carbonyl (C=O) groups excluding carboxylic acids is 1. The van der Waals surface area contributed by atoms with Gasteiger partial charge in [-0.05, 0) is 31.8 Å². The number of carbonyl (C=O) groups is 1. The third-order valence-corrected chi connectivity index (χ3v) is 4.41. The quantitative estimate of drug-likeness (QED) is 0.866. The average molecular weight is 317 g/mol. The van der Waals surface area contributed by atoms with Gasteiger partial charge in [-0.3, -0.25) is 14.0 Å². The van der Waals surface area contributed by atoms with Crippen molar-refractivity contribution >= 4 is 5.91 Å². The van der Waals surface area contributed by atoms with E-state index in [2.05, 4.69) is 32.4 Å². The Labute approximate surface area is 135 Å². The number of hydrogen-bond acceptors (Lipinski definition) is 5. The monoisotopic (exact) mass is 317 g/mol. The van der Waals surface area contributed by atoms with Gasteiger partial charge in [0.15, 0.2) is 0 Å². The Balaban J connectivity index is 1.57. The van der Waals surface area contributed by atoms with Crippen LogP contribution >= 0.6 is 0 Å². The van der Waals surface area contributed by atoms with Crippen LogP contribution in [0.3, 0.4) is 0 Å². The summed E-state index contributed by atoms with van der Waals surface area (Å²) in [6.45, 7) is 6.07. The zero-order valence-electron chi connectivity index (χ0n) is 13.6. The zero-order valence-corrected chi connectivity index (χ0v) is 13.6. The smallest absolute Gasteiger partial charge is 0.256 e. The van der Waals surface area contributed by atoms with E-state index in [4.69, 9.17) is 0 Å². The number of aromatic nitrogens is 5. The molecule has 2 aromatic rings. The second-order valence-electron chi connectivity index (χ2n) is 6.15. The van der Waals surface area contributed by atoms with E-state index in [1.54, 1.807) is 35.1 Å². The van der Waals surface area contributed by atoms with Crippen molar-refractivity contribution in [2.24, 2.45) is 13.0 Å². The highest BCUT2D eigenvalue weighted by Crippen LogP contribution is 2.15. The molecular weight excluding hydrogens is 294 g/mol. The van der Waals surface area contributed by atoms with Crippen LogP contribution < -0.4 is 5.32 Å². The molecule has 1 amide bonds. The molecule has 0 spiro atoms. The van der Waals surface area contributed by atoms with Crippen LogP contribution in [0.2, 0.25) is 0 Å². The first kappa shape index (κ1) is 15.7. The number of likely N-dealkylation sites (tertiary alicyclic amines) is 1. The SMILES string of the molecule is CC1CCN(CCNC(=O)c2cnn(C)c2-n2cnnc2)CC1. The van der Waals surface area contributed by atoms with Gasteiger partial charge < -0.3 is 10.2 Å². The second kappa shape index (κ2) is 6.91. The molecule has 0 saturated carbocycles. The first-order chi connectivity index (χ1) is 11.1. The summed E-state index contributed by atoms with van der Waals surface area (Å²) < 4.78 is 3.33. The molecule has 3 rings (SSSR count). The summed E-state index contributed by atoms with van der Waals surface area (Å²) in [7, 11) is 1.79. The van der Waals surface area contributed by atoms with Crippen LogP contribution in [0.5, 0.6) is 0 Å². The molecule has 0 aromatic carbocycles. The first-order valence-corrected chi connectivity index (χ1v) is 8.02. The van der Waals surface area contributed by atoms with E-state index in [1.807, 2.05) is 0 Å². The fourth-order valence-electron chi connectivity index (χ4n) is 2.92. The number of hydrogen-bond donors (Lipinski definition) is 1. The molecule has 8 heteroatoms. The molecule has 1 saturated heterocycles. The number of amides is 1. The Morgan fingerprint density at radius 3 is 2.70 bits per heavy atom. The number of nitrogens with zero attached hydrogens (tertiary/aromatic N) is 6. The highest BCUT2D eigenvalue weighted by atomic mass is 16.1. The van der Waals surface area contributed by atoms with E-state index in [0.29, 0.717) is 17.9 Å². The van der Waals surface area contributed by atoms with Gasteiger partial charge in [0, 0.05) is 20.1 Å². The molecule has 0 bridgehead atoms. The maximum absolute atomic E-state index is 12.4. The van der Waals surface area contributed by atoms with Gasteiger partial charge in [-0.15, -0.1) is 10.2 Å². The first-order valence-electron chi connectivity index (χ1n) is 8.02. The average Bonchev–Trinajstić information content (AvgIpc) is 3.18. The normalized spacial score (nSPS) is 16.6. The van der Waals surface area contributed by atoms with E-state index in [0.717, 1.165) is 25.6 Å². The van der Waals surface area contributed by atoms with Crippen molar-refractivity contribution in [1.29, 1.82) is 0 Å². The minimum absolute atomic E-state index is 0.118. The Kier molecular flexibility index (Phi) is 4.71. The van der Waals surface area contributed by atoms with Crippen molar-refractivity contribution in [3.63, 3.8) is 0 Å². The molecular formula is C15H23N7O. The second-order valence-corrected chi connectivity index (χ2v) is 6.15. The molecule has 0 radical (unpaired) electrons. The van der Waals surface area contributed by atoms with Crippen LogP contribution in [0.25, 0.3) is 5.82 Å². The van der Waals surface area contributed by atoms with Gasteiger partial charge in [0.05, 0.1) is 6.20 Å². The summed E-state index contributed by atoms with van der Waals surface area (Å²) in [4.78, 5) is 14.8. The predicted molar refractivity (Wildman–Crippen MR) is 85.3 cm³/mol. The summed E-state index contributed by atoms with van der Waals surface area (Å²) in [6, 6.07) is 0. The molecule has 8 nitrogen and oxygen atoms in total. The van der Waals surface area contributed by atoms with Gasteiger partial charge in [0.25, 0.3) is 5.91 Å². The Hall–Kier alpha value is -2.22. The van der Waals surface area contributed by atoms with Crippen molar-refractivity contribution in [1.82, 2.24) is 34.8 Å². The number of aryl methyl sites for hydroxylation is 1. The fourth-order valence-corrected chi connectivity index (χ4v) is 2.92. The third-order valence-electron chi connectivity index (χ3n) is 4.41. The van der Waals surface area contributed by atoms with Crippen LogP contribution in [0.4, 0.5) is 0 Å². The summed E-state index contributed by atoms with van der Waals surface area (Å²) >= 11 is 0. The third kappa shape index (κ3) is 3.58. The summed E-state index contributed by atoms with van der Waals surface area (Å²) in [5.41, 5.74) is 0.527.